The summed E-state index contributed by atoms with van der Waals surface area (Å²) >= 11 is 0. The molecule has 1 aromatic rings. The standard InChI is InChI=1S/C17H24/c1-4-17(11-5-12-17)13-10-15(3)16-8-6-14(2)7-9-16/h6-9H,3-5,10-13H2,1-2H3. The zero-order chi connectivity index (χ0) is 12.3. The van der Waals surface area contributed by atoms with Crippen LogP contribution in [-0.2, 0) is 0 Å². The van der Waals surface area contributed by atoms with E-state index in [4.69, 9.17) is 0 Å². The molecule has 0 spiro atoms. The molecule has 0 heterocycles. The fraction of sp³-hybridized carbons (Fsp3) is 0.529. The van der Waals surface area contributed by atoms with Gasteiger partial charge in [0.25, 0.3) is 0 Å². The van der Waals surface area contributed by atoms with Crippen LogP contribution in [0.2, 0.25) is 0 Å². The van der Waals surface area contributed by atoms with Crippen molar-refractivity contribution in [3.63, 3.8) is 0 Å². The maximum atomic E-state index is 4.25. The third-order valence-electron chi connectivity index (χ3n) is 4.58. The largest absolute Gasteiger partial charge is 0.0952 e. The first-order valence-corrected chi connectivity index (χ1v) is 6.90. The van der Waals surface area contributed by atoms with Crippen LogP contribution < -0.4 is 0 Å². The molecule has 1 saturated carbocycles. The van der Waals surface area contributed by atoms with Crippen molar-refractivity contribution < 1.29 is 0 Å². The Kier molecular flexibility index (Phi) is 3.71. The van der Waals surface area contributed by atoms with E-state index in [1.165, 1.54) is 48.8 Å². The lowest BCUT2D eigenvalue weighted by atomic mass is 9.64. The normalized spacial score (nSPS) is 17.5. The third-order valence-corrected chi connectivity index (χ3v) is 4.58. The van der Waals surface area contributed by atoms with Crippen molar-refractivity contribution in [2.75, 3.05) is 0 Å². The van der Waals surface area contributed by atoms with Crippen LogP contribution >= 0.6 is 0 Å². The molecule has 1 fully saturated rings. The van der Waals surface area contributed by atoms with Crippen molar-refractivity contribution in [1.29, 1.82) is 0 Å². The van der Waals surface area contributed by atoms with Crippen LogP contribution in [-0.4, -0.2) is 0 Å². The predicted octanol–water partition coefficient (Wildman–Crippen LogP) is 5.37. The van der Waals surface area contributed by atoms with Crippen LogP contribution in [0.15, 0.2) is 30.8 Å². The van der Waals surface area contributed by atoms with Gasteiger partial charge in [-0.05, 0) is 49.2 Å². The highest BCUT2D eigenvalue weighted by Crippen LogP contribution is 2.48. The summed E-state index contributed by atoms with van der Waals surface area (Å²) in [6.45, 7) is 8.72. The van der Waals surface area contributed by atoms with Crippen molar-refractivity contribution >= 4 is 5.57 Å². The Balaban J connectivity index is 1.91. The van der Waals surface area contributed by atoms with Crippen molar-refractivity contribution in [3.8, 4) is 0 Å². The van der Waals surface area contributed by atoms with E-state index in [0.29, 0.717) is 5.41 Å². The highest BCUT2D eigenvalue weighted by Gasteiger charge is 2.34. The molecule has 0 aliphatic heterocycles. The zero-order valence-electron chi connectivity index (χ0n) is 11.3. The highest BCUT2D eigenvalue weighted by atomic mass is 14.4. The molecule has 1 aliphatic rings. The first kappa shape index (κ1) is 12.4. The van der Waals surface area contributed by atoms with E-state index < -0.39 is 0 Å². The molecule has 92 valence electrons. The summed E-state index contributed by atoms with van der Waals surface area (Å²) in [5.74, 6) is 0. The first-order valence-electron chi connectivity index (χ1n) is 6.90. The summed E-state index contributed by atoms with van der Waals surface area (Å²) < 4.78 is 0. The quantitative estimate of drug-likeness (QED) is 0.635. The number of benzene rings is 1. The summed E-state index contributed by atoms with van der Waals surface area (Å²) in [7, 11) is 0. The van der Waals surface area contributed by atoms with Crippen molar-refractivity contribution in [2.24, 2.45) is 5.41 Å². The van der Waals surface area contributed by atoms with Gasteiger partial charge in [0.2, 0.25) is 0 Å². The van der Waals surface area contributed by atoms with Gasteiger partial charge in [-0.15, -0.1) is 0 Å². The van der Waals surface area contributed by atoms with E-state index in [0.717, 1.165) is 6.42 Å². The minimum absolute atomic E-state index is 0.660. The molecule has 2 rings (SSSR count). The molecule has 0 heteroatoms. The Bertz CT molecular complexity index is 373. The lowest BCUT2D eigenvalue weighted by Crippen LogP contribution is -2.28. The number of aryl methyl sites for hydroxylation is 1. The van der Waals surface area contributed by atoms with E-state index in [-0.39, 0.29) is 0 Å². The Hall–Kier alpha value is -1.04. The Morgan fingerprint density at radius 3 is 2.35 bits per heavy atom. The first-order chi connectivity index (χ1) is 8.15. The highest BCUT2D eigenvalue weighted by molar-refractivity contribution is 5.63. The van der Waals surface area contributed by atoms with Crippen LogP contribution in [0.4, 0.5) is 0 Å². The van der Waals surface area contributed by atoms with Gasteiger partial charge in [-0.1, -0.05) is 56.2 Å². The van der Waals surface area contributed by atoms with Gasteiger partial charge in [0.15, 0.2) is 0 Å². The van der Waals surface area contributed by atoms with Gasteiger partial charge in [-0.3, -0.25) is 0 Å². The molecule has 0 amide bonds. The molecular formula is C17H24. The number of allylic oxidation sites excluding steroid dienone is 1. The summed E-state index contributed by atoms with van der Waals surface area (Å²) in [6.07, 6.45) is 8.14. The van der Waals surface area contributed by atoms with Gasteiger partial charge in [-0.2, -0.15) is 0 Å². The Labute approximate surface area is 106 Å². The third kappa shape index (κ3) is 2.80. The second-order valence-corrected chi connectivity index (χ2v) is 5.68. The smallest absolute Gasteiger partial charge is 0.0230 e. The fourth-order valence-electron chi connectivity index (χ4n) is 2.81. The molecular weight excluding hydrogens is 204 g/mol. The van der Waals surface area contributed by atoms with Crippen molar-refractivity contribution in [2.45, 2.75) is 52.4 Å². The van der Waals surface area contributed by atoms with Crippen LogP contribution in [0.3, 0.4) is 0 Å². The lowest BCUT2D eigenvalue weighted by molar-refractivity contribution is 0.116. The number of hydrogen-bond donors (Lipinski definition) is 0. The van der Waals surface area contributed by atoms with Gasteiger partial charge < -0.3 is 0 Å². The second-order valence-electron chi connectivity index (χ2n) is 5.68. The monoisotopic (exact) mass is 228 g/mol. The minimum Gasteiger partial charge on any atom is -0.0952 e. The van der Waals surface area contributed by atoms with Gasteiger partial charge in [0.1, 0.15) is 0 Å². The van der Waals surface area contributed by atoms with Crippen LogP contribution in [0.5, 0.6) is 0 Å². The summed E-state index contributed by atoms with van der Waals surface area (Å²) in [6, 6.07) is 8.77. The van der Waals surface area contributed by atoms with Crippen LogP contribution in [0.25, 0.3) is 5.57 Å². The second kappa shape index (κ2) is 5.08. The van der Waals surface area contributed by atoms with Gasteiger partial charge in [-0.25, -0.2) is 0 Å². The molecule has 0 unspecified atom stereocenters. The van der Waals surface area contributed by atoms with Crippen LogP contribution in [0.1, 0.15) is 56.6 Å². The molecule has 1 aliphatic carbocycles. The summed E-state index contributed by atoms with van der Waals surface area (Å²) in [5, 5.41) is 0. The predicted molar refractivity (Wildman–Crippen MR) is 76.0 cm³/mol. The van der Waals surface area contributed by atoms with E-state index >= 15 is 0 Å². The maximum absolute atomic E-state index is 4.25. The van der Waals surface area contributed by atoms with Gasteiger partial charge in [0, 0.05) is 0 Å². The zero-order valence-corrected chi connectivity index (χ0v) is 11.3. The summed E-state index contributed by atoms with van der Waals surface area (Å²) in [4.78, 5) is 0. The molecule has 1 aromatic carbocycles. The van der Waals surface area contributed by atoms with E-state index in [9.17, 15) is 0 Å². The lowest BCUT2D eigenvalue weighted by Gasteiger charge is -2.41. The van der Waals surface area contributed by atoms with Crippen LogP contribution in [0, 0.1) is 12.3 Å². The molecule has 0 radical (unpaired) electrons. The van der Waals surface area contributed by atoms with E-state index in [1.54, 1.807) is 0 Å². The molecule has 0 N–H and O–H groups in total. The van der Waals surface area contributed by atoms with E-state index in [2.05, 4.69) is 44.7 Å². The molecule has 0 aromatic heterocycles. The average molecular weight is 228 g/mol. The number of hydrogen-bond acceptors (Lipinski definition) is 0. The number of rotatable bonds is 5. The fourth-order valence-corrected chi connectivity index (χ4v) is 2.81. The van der Waals surface area contributed by atoms with Crippen molar-refractivity contribution in [1.82, 2.24) is 0 Å². The Morgan fingerprint density at radius 1 is 1.24 bits per heavy atom. The molecule has 0 atom stereocenters. The SMILES string of the molecule is C=C(CCC1(CC)CCC1)c1ccc(C)cc1. The topological polar surface area (TPSA) is 0 Å². The molecule has 0 saturated heterocycles. The minimum atomic E-state index is 0.660. The molecule has 0 nitrogen and oxygen atoms in total. The Morgan fingerprint density at radius 2 is 1.88 bits per heavy atom. The molecule has 0 bridgehead atoms. The maximum Gasteiger partial charge on any atom is -0.0230 e. The van der Waals surface area contributed by atoms with Gasteiger partial charge in [0.05, 0.1) is 0 Å². The van der Waals surface area contributed by atoms with E-state index in [1.807, 2.05) is 0 Å². The average Bonchev–Trinajstić information content (AvgIpc) is 2.29. The van der Waals surface area contributed by atoms with Crippen molar-refractivity contribution in [3.05, 3.63) is 42.0 Å². The molecule has 17 heavy (non-hydrogen) atoms. The van der Waals surface area contributed by atoms with Gasteiger partial charge >= 0.3 is 0 Å². The summed E-state index contributed by atoms with van der Waals surface area (Å²) in [5.41, 5.74) is 4.62.